The monoisotopic (exact) mass is 614 g/mol. The molecule has 0 aliphatic rings. The van der Waals surface area contributed by atoms with Crippen molar-refractivity contribution in [2.45, 2.75) is 33.8 Å². The normalized spacial score (nSPS) is 11.8. The van der Waals surface area contributed by atoms with Gasteiger partial charge in [0, 0.05) is 54.0 Å². The molecule has 43 heavy (non-hydrogen) atoms. The first-order valence-corrected chi connectivity index (χ1v) is 14.4. The van der Waals surface area contributed by atoms with E-state index in [0.717, 1.165) is 0 Å². The summed E-state index contributed by atoms with van der Waals surface area (Å²) in [5.74, 6) is -0.0933. The van der Waals surface area contributed by atoms with Crippen LogP contribution in [-0.4, -0.2) is 80.7 Å². The molecule has 0 aliphatic heterocycles. The number of rotatable bonds is 13. The van der Waals surface area contributed by atoms with Crippen molar-refractivity contribution in [1.29, 1.82) is 0 Å². The van der Waals surface area contributed by atoms with Crippen molar-refractivity contribution < 1.29 is 28.3 Å². The number of amides is 3. The molecule has 3 amide bonds. The van der Waals surface area contributed by atoms with Crippen molar-refractivity contribution in [2.24, 2.45) is 5.92 Å². The number of halogens is 1. The molecule has 232 valence electrons. The highest BCUT2D eigenvalue weighted by atomic mass is 35.5. The first-order chi connectivity index (χ1) is 20.4. The average Bonchev–Trinajstić information content (AvgIpc) is 2.93. The first-order valence-electron chi connectivity index (χ1n) is 14.1. The smallest absolute Gasteiger partial charge is 0.411 e. The highest BCUT2D eigenvalue weighted by Gasteiger charge is 2.23. The van der Waals surface area contributed by atoms with Crippen molar-refractivity contribution in [3.8, 4) is 16.9 Å². The summed E-state index contributed by atoms with van der Waals surface area (Å²) in [7, 11) is 3.82. The number of fused-ring (bicyclic) bond motifs is 1. The maximum Gasteiger partial charge on any atom is 0.411 e. The predicted molar refractivity (Wildman–Crippen MR) is 167 cm³/mol. The number of benzene rings is 2. The summed E-state index contributed by atoms with van der Waals surface area (Å²) in [6.07, 6.45) is -1.49. The van der Waals surface area contributed by atoms with Gasteiger partial charge in [-0.15, -0.1) is 0 Å². The Balaban J connectivity index is 1.75. The summed E-state index contributed by atoms with van der Waals surface area (Å²) in [6.45, 7) is 8.96. The number of anilines is 1. The number of hydrogen-bond acceptors (Lipinski definition) is 8. The second kappa shape index (κ2) is 15.4. The van der Waals surface area contributed by atoms with E-state index >= 15 is 0 Å². The molecule has 3 rings (SSSR count). The summed E-state index contributed by atoms with van der Waals surface area (Å²) in [6, 6.07) is 11.2. The lowest BCUT2D eigenvalue weighted by molar-refractivity contribution is -0.141. The Labute approximate surface area is 256 Å². The number of carbonyl (C=O) groups is 3. The van der Waals surface area contributed by atoms with E-state index in [1.165, 1.54) is 17.0 Å². The van der Waals surface area contributed by atoms with E-state index in [2.05, 4.69) is 10.6 Å². The van der Waals surface area contributed by atoms with Gasteiger partial charge in [-0.2, -0.15) is 0 Å². The van der Waals surface area contributed by atoms with E-state index < -0.39 is 17.8 Å². The van der Waals surface area contributed by atoms with Crippen molar-refractivity contribution in [2.75, 3.05) is 52.2 Å². The minimum absolute atomic E-state index is 0.0827. The van der Waals surface area contributed by atoms with Crippen LogP contribution in [0.15, 0.2) is 51.7 Å². The number of hydrogen-bond donors (Lipinski definition) is 2. The Kier molecular flexibility index (Phi) is 12.0. The van der Waals surface area contributed by atoms with Crippen LogP contribution in [0, 0.1) is 5.92 Å². The lowest BCUT2D eigenvalue weighted by atomic mass is 10.0. The highest BCUT2D eigenvalue weighted by Crippen LogP contribution is 2.35. The van der Waals surface area contributed by atoms with Gasteiger partial charge in [-0.1, -0.05) is 31.5 Å². The second-order valence-corrected chi connectivity index (χ2v) is 11.1. The number of ether oxygens (including phenoxy) is 2. The van der Waals surface area contributed by atoms with E-state index in [9.17, 15) is 19.2 Å². The molecule has 0 aliphatic carbocycles. The molecule has 0 fully saturated rings. The second-order valence-electron chi connectivity index (χ2n) is 10.7. The van der Waals surface area contributed by atoms with E-state index in [0.29, 0.717) is 52.6 Å². The third-order valence-electron chi connectivity index (χ3n) is 6.34. The number of nitrogens with zero attached hydrogens (tertiary/aromatic N) is 2. The lowest BCUT2D eigenvalue weighted by Crippen LogP contribution is -2.46. The van der Waals surface area contributed by atoms with Crippen LogP contribution in [0.1, 0.15) is 27.7 Å². The molecule has 2 aromatic carbocycles. The van der Waals surface area contributed by atoms with Gasteiger partial charge < -0.3 is 29.0 Å². The van der Waals surface area contributed by atoms with Crippen LogP contribution in [0.2, 0.25) is 5.02 Å². The van der Waals surface area contributed by atoms with Crippen molar-refractivity contribution in [3.63, 3.8) is 0 Å². The summed E-state index contributed by atoms with van der Waals surface area (Å²) >= 11 is 6.56. The van der Waals surface area contributed by atoms with Crippen molar-refractivity contribution >= 4 is 46.2 Å². The van der Waals surface area contributed by atoms with Gasteiger partial charge in [0.2, 0.25) is 5.91 Å². The highest BCUT2D eigenvalue weighted by molar-refractivity contribution is 6.34. The predicted octanol–water partition coefficient (Wildman–Crippen LogP) is 4.61. The van der Waals surface area contributed by atoms with Crippen molar-refractivity contribution in [3.05, 3.63) is 57.9 Å². The molecule has 3 aromatic rings. The number of nitrogens with one attached hydrogen (secondary N) is 2. The van der Waals surface area contributed by atoms with Gasteiger partial charge in [-0.25, -0.2) is 9.59 Å². The van der Waals surface area contributed by atoms with E-state index in [-0.39, 0.29) is 36.5 Å². The zero-order valence-electron chi connectivity index (χ0n) is 25.4. The Morgan fingerprint density at radius 1 is 1.02 bits per heavy atom. The van der Waals surface area contributed by atoms with Gasteiger partial charge in [0.1, 0.15) is 11.3 Å². The molecule has 0 radical (unpaired) electrons. The SMILES string of the molecule is CCN(CC(=O)NCCN(C)C)C(=O)[C@@H](C)Oc1ccc2c(-c3ccc(NC(=O)OCC(C)C)cc3Cl)cc(=O)oc2c1. The fraction of sp³-hybridized carbons (Fsp3) is 0.419. The summed E-state index contributed by atoms with van der Waals surface area (Å²) in [5.41, 5.74) is 1.16. The van der Waals surface area contributed by atoms with Crippen molar-refractivity contribution in [1.82, 2.24) is 15.1 Å². The minimum atomic E-state index is -0.899. The molecule has 2 N–H and O–H groups in total. The van der Waals surface area contributed by atoms with Gasteiger partial charge in [-0.05, 0) is 58.1 Å². The van der Waals surface area contributed by atoms with Crippen LogP contribution in [0.5, 0.6) is 5.75 Å². The van der Waals surface area contributed by atoms with E-state index in [4.69, 9.17) is 25.5 Å². The van der Waals surface area contributed by atoms with Gasteiger partial charge in [-0.3, -0.25) is 14.9 Å². The molecule has 11 nitrogen and oxygen atoms in total. The average molecular weight is 615 g/mol. The van der Waals surface area contributed by atoms with Crippen LogP contribution < -0.4 is 21.0 Å². The molecular weight excluding hydrogens is 576 g/mol. The van der Waals surface area contributed by atoms with E-state index in [1.807, 2.05) is 32.8 Å². The summed E-state index contributed by atoms with van der Waals surface area (Å²) in [4.78, 5) is 53.2. The fourth-order valence-electron chi connectivity index (χ4n) is 4.15. The molecule has 0 spiro atoms. The lowest BCUT2D eigenvalue weighted by Gasteiger charge is -2.24. The first kappa shape index (κ1) is 33.4. The third kappa shape index (κ3) is 9.72. The maximum atomic E-state index is 13.0. The largest absolute Gasteiger partial charge is 0.481 e. The molecule has 1 heterocycles. The molecule has 1 aromatic heterocycles. The van der Waals surface area contributed by atoms with Gasteiger partial charge in [0.05, 0.1) is 18.2 Å². The van der Waals surface area contributed by atoms with Crippen LogP contribution in [0.4, 0.5) is 10.5 Å². The zero-order chi connectivity index (χ0) is 31.7. The minimum Gasteiger partial charge on any atom is -0.481 e. The Hall–Kier alpha value is -4.09. The van der Waals surface area contributed by atoms with Gasteiger partial charge >= 0.3 is 11.7 Å². The molecule has 0 saturated heterocycles. The van der Waals surface area contributed by atoms with Crippen LogP contribution in [-0.2, 0) is 14.3 Å². The zero-order valence-corrected chi connectivity index (χ0v) is 26.1. The molecule has 12 heteroatoms. The van der Waals surface area contributed by atoms with Crippen LogP contribution in [0.3, 0.4) is 0 Å². The van der Waals surface area contributed by atoms with E-state index in [1.54, 1.807) is 44.2 Å². The fourth-order valence-corrected chi connectivity index (χ4v) is 4.43. The quantitative estimate of drug-likeness (QED) is 0.267. The van der Waals surface area contributed by atoms with Gasteiger partial charge in [0.15, 0.2) is 6.10 Å². The Morgan fingerprint density at radius 2 is 1.77 bits per heavy atom. The number of carbonyl (C=O) groups excluding carboxylic acids is 3. The summed E-state index contributed by atoms with van der Waals surface area (Å²) in [5, 5.41) is 6.33. The van der Waals surface area contributed by atoms with Crippen LogP contribution >= 0.6 is 11.6 Å². The Morgan fingerprint density at radius 3 is 2.42 bits per heavy atom. The Bertz CT molecular complexity index is 1510. The molecule has 0 bridgehead atoms. The van der Waals surface area contributed by atoms with Gasteiger partial charge in [0.25, 0.3) is 5.91 Å². The molecule has 0 saturated carbocycles. The molecule has 0 unspecified atom stereocenters. The molecule has 1 atom stereocenters. The maximum absolute atomic E-state index is 13.0. The summed E-state index contributed by atoms with van der Waals surface area (Å²) < 4.78 is 16.5. The number of likely N-dealkylation sites (N-methyl/N-ethyl adjacent to an activating group) is 2. The topological polar surface area (TPSA) is 130 Å². The standard InChI is InChI=1S/C31H39ClN4O7/c1-7-36(17-28(37)33-12-13-35(5)6)30(39)20(4)42-22-9-11-24-25(16-29(38)43-27(24)15-22)23-10-8-21(14-26(23)32)34-31(40)41-18-19(2)3/h8-11,14-16,19-20H,7,12-13,17-18H2,1-6H3,(H,33,37)(H,34,40)/t20-/m1/s1. The van der Waals surface area contributed by atoms with Crippen LogP contribution in [0.25, 0.3) is 22.1 Å². The third-order valence-corrected chi connectivity index (χ3v) is 6.65. The molecular formula is C31H39ClN4O7.